The Bertz CT molecular complexity index is 1050. The molecule has 4 rings (SSSR count). The molecule has 1 aliphatic carbocycles. The van der Waals surface area contributed by atoms with Crippen molar-refractivity contribution in [3.63, 3.8) is 0 Å². The second-order valence-corrected chi connectivity index (χ2v) is 11.5. The highest BCUT2D eigenvalue weighted by molar-refractivity contribution is 5.79. The topological polar surface area (TPSA) is 29.5 Å². The van der Waals surface area contributed by atoms with E-state index in [0.717, 1.165) is 54.8 Å². The van der Waals surface area contributed by atoms with E-state index in [9.17, 15) is 18.0 Å². The summed E-state index contributed by atoms with van der Waals surface area (Å²) in [5.74, 6) is 0.0282. The Balaban J connectivity index is 1.66. The quantitative estimate of drug-likeness (QED) is 0.321. The molecule has 1 heterocycles. The molecule has 1 aliphatic heterocycles. The Morgan fingerprint density at radius 2 is 1.61 bits per heavy atom. The van der Waals surface area contributed by atoms with Gasteiger partial charge in [-0.05, 0) is 98.3 Å². The Kier molecular flexibility index (Phi) is 9.56. The van der Waals surface area contributed by atoms with Gasteiger partial charge in [-0.2, -0.15) is 13.2 Å². The fourth-order valence-electron chi connectivity index (χ4n) is 6.26. The molecule has 2 aromatic rings. The van der Waals surface area contributed by atoms with Crippen LogP contribution >= 0.6 is 0 Å². The number of esters is 1. The van der Waals surface area contributed by atoms with Crippen LogP contribution in [-0.2, 0) is 15.7 Å². The number of alkyl halides is 3. The largest absolute Gasteiger partial charge is 0.466 e. The molecule has 1 saturated heterocycles. The molecule has 3 nitrogen and oxygen atoms in total. The number of halogens is 3. The maximum absolute atomic E-state index is 13.2. The lowest BCUT2D eigenvalue weighted by Gasteiger charge is -2.39. The van der Waals surface area contributed by atoms with Crippen LogP contribution in [0.15, 0.2) is 42.5 Å². The number of carbonyl (C=O) groups is 1. The zero-order chi connectivity index (χ0) is 27.3. The number of ether oxygens (including phenoxy) is 1. The van der Waals surface area contributed by atoms with Crippen molar-refractivity contribution in [1.29, 1.82) is 0 Å². The van der Waals surface area contributed by atoms with Gasteiger partial charge >= 0.3 is 12.1 Å². The average molecular weight is 530 g/mol. The molecular formula is C32H42F3NO2. The van der Waals surface area contributed by atoms with Crippen LogP contribution in [0.25, 0.3) is 11.1 Å². The van der Waals surface area contributed by atoms with Crippen molar-refractivity contribution in [2.45, 2.75) is 96.2 Å². The van der Waals surface area contributed by atoms with Crippen LogP contribution in [0.4, 0.5) is 13.2 Å². The first kappa shape index (κ1) is 28.7. The van der Waals surface area contributed by atoms with E-state index in [2.05, 4.69) is 30.9 Å². The van der Waals surface area contributed by atoms with Gasteiger partial charge < -0.3 is 9.64 Å². The Morgan fingerprint density at radius 1 is 0.947 bits per heavy atom. The third-order valence-corrected chi connectivity index (χ3v) is 8.30. The van der Waals surface area contributed by atoms with E-state index in [4.69, 9.17) is 4.74 Å². The first-order chi connectivity index (χ1) is 18.2. The summed E-state index contributed by atoms with van der Waals surface area (Å²) in [4.78, 5) is 15.7. The molecule has 1 atom stereocenters. The minimum absolute atomic E-state index is 0.233. The lowest BCUT2D eigenvalue weighted by molar-refractivity contribution is -0.145. The zero-order valence-corrected chi connectivity index (χ0v) is 23.0. The summed E-state index contributed by atoms with van der Waals surface area (Å²) in [6, 6.07) is 12.3. The summed E-state index contributed by atoms with van der Waals surface area (Å²) < 4.78 is 45.0. The molecule has 38 heavy (non-hydrogen) atoms. The second-order valence-electron chi connectivity index (χ2n) is 11.5. The van der Waals surface area contributed by atoms with Crippen molar-refractivity contribution in [3.05, 3.63) is 59.2 Å². The van der Waals surface area contributed by atoms with Crippen molar-refractivity contribution in [1.82, 2.24) is 4.90 Å². The molecule has 1 unspecified atom stereocenters. The van der Waals surface area contributed by atoms with Crippen molar-refractivity contribution in [2.75, 3.05) is 19.7 Å². The van der Waals surface area contributed by atoms with E-state index >= 15 is 0 Å². The van der Waals surface area contributed by atoms with Gasteiger partial charge in [0, 0.05) is 6.04 Å². The number of piperidine rings is 1. The van der Waals surface area contributed by atoms with Crippen molar-refractivity contribution in [3.8, 4) is 11.1 Å². The minimum atomic E-state index is -4.37. The standard InChI is InChI=1S/C32H42F3NO2/c1-4-38-31(37)30(18-22(2)3)27-20-25(23-10-12-28(13-11-23)32(33,34)35)19-26(21-27)24-14-16-36(17-15-24)29-8-6-5-7-9-29/h10-13,19-22,24,29-30H,4-9,14-18H2,1-3H3. The van der Waals surface area contributed by atoms with Crippen LogP contribution in [0.1, 0.15) is 101 Å². The summed E-state index contributed by atoms with van der Waals surface area (Å²) in [7, 11) is 0. The molecule has 0 spiro atoms. The molecule has 2 aliphatic rings. The SMILES string of the molecule is CCOC(=O)C(CC(C)C)c1cc(-c2ccc(C(F)(F)F)cc2)cc(C2CCN(C3CCCCC3)CC2)c1. The molecule has 0 amide bonds. The molecule has 6 heteroatoms. The van der Waals surface area contributed by atoms with E-state index in [1.165, 1.54) is 37.7 Å². The number of hydrogen-bond donors (Lipinski definition) is 0. The summed E-state index contributed by atoms with van der Waals surface area (Å²) in [6.45, 7) is 8.46. The maximum Gasteiger partial charge on any atom is 0.416 e. The summed E-state index contributed by atoms with van der Waals surface area (Å²) in [5.41, 5.74) is 3.02. The van der Waals surface area contributed by atoms with Gasteiger partial charge in [-0.15, -0.1) is 0 Å². The van der Waals surface area contributed by atoms with Crippen LogP contribution < -0.4 is 0 Å². The molecular weight excluding hydrogens is 487 g/mol. The number of carbonyl (C=O) groups excluding carboxylic acids is 1. The molecule has 2 aromatic carbocycles. The number of likely N-dealkylation sites (tertiary alicyclic amines) is 1. The lowest BCUT2D eigenvalue weighted by Crippen LogP contribution is -2.41. The third kappa shape index (κ3) is 7.19. The summed E-state index contributed by atoms with van der Waals surface area (Å²) in [6.07, 6.45) is 5.01. The van der Waals surface area contributed by atoms with Crippen LogP contribution in [0.3, 0.4) is 0 Å². The van der Waals surface area contributed by atoms with Gasteiger partial charge in [0.05, 0.1) is 18.1 Å². The second kappa shape index (κ2) is 12.7. The molecule has 208 valence electrons. The maximum atomic E-state index is 13.2. The Hall–Kier alpha value is -2.34. The predicted molar refractivity (Wildman–Crippen MR) is 146 cm³/mol. The molecule has 0 bridgehead atoms. The smallest absolute Gasteiger partial charge is 0.416 e. The first-order valence-electron chi connectivity index (χ1n) is 14.4. The van der Waals surface area contributed by atoms with Gasteiger partial charge in [-0.25, -0.2) is 0 Å². The highest BCUT2D eigenvalue weighted by atomic mass is 19.4. The van der Waals surface area contributed by atoms with Gasteiger partial charge in [-0.1, -0.05) is 63.4 Å². The fraction of sp³-hybridized carbons (Fsp3) is 0.594. The van der Waals surface area contributed by atoms with Crippen molar-refractivity contribution in [2.24, 2.45) is 5.92 Å². The van der Waals surface area contributed by atoms with E-state index in [1.54, 1.807) is 12.1 Å². The summed E-state index contributed by atoms with van der Waals surface area (Å²) >= 11 is 0. The molecule has 1 saturated carbocycles. The Labute approximate surface area is 225 Å². The van der Waals surface area contributed by atoms with E-state index in [1.807, 2.05) is 13.0 Å². The van der Waals surface area contributed by atoms with Gasteiger partial charge in [0.25, 0.3) is 0 Å². The molecule has 0 aromatic heterocycles. The number of nitrogens with zero attached hydrogens (tertiary/aromatic N) is 1. The van der Waals surface area contributed by atoms with E-state index in [0.29, 0.717) is 30.9 Å². The average Bonchev–Trinajstić information content (AvgIpc) is 2.91. The van der Waals surface area contributed by atoms with Gasteiger partial charge in [0.1, 0.15) is 0 Å². The number of rotatable bonds is 8. The molecule has 2 fully saturated rings. The number of benzene rings is 2. The Morgan fingerprint density at radius 3 is 2.18 bits per heavy atom. The minimum Gasteiger partial charge on any atom is -0.466 e. The van der Waals surface area contributed by atoms with Gasteiger partial charge in [0.15, 0.2) is 0 Å². The molecule has 0 radical (unpaired) electrons. The third-order valence-electron chi connectivity index (χ3n) is 8.30. The highest BCUT2D eigenvalue weighted by Crippen LogP contribution is 2.38. The van der Waals surface area contributed by atoms with Gasteiger partial charge in [-0.3, -0.25) is 4.79 Å². The number of hydrogen-bond acceptors (Lipinski definition) is 3. The van der Waals surface area contributed by atoms with E-state index < -0.39 is 17.7 Å². The highest BCUT2D eigenvalue weighted by Gasteiger charge is 2.31. The predicted octanol–water partition coefficient (Wildman–Crippen LogP) is 8.58. The first-order valence-corrected chi connectivity index (χ1v) is 14.4. The van der Waals surface area contributed by atoms with E-state index in [-0.39, 0.29) is 5.97 Å². The van der Waals surface area contributed by atoms with Crippen molar-refractivity contribution >= 4 is 5.97 Å². The lowest BCUT2D eigenvalue weighted by atomic mass is 9.82. The van der Waals surface area contributed by atoms with Crippen LogP contribution in [0, 0.1) is 5.92 Å². The normalized spacial score (nSPS) is 19.0. The van der Waals surface area contributed by atoms with Gasteiger partial charge in [0.2, 0.25) is 0 Å². The van der Waals surface area contributed by atoms with Crippen LogP contribution in [0.2, 0.25) is 0 Å². The van der Waals surface area contributed by atoms with Crippen LogP contribution in [0.5, 0.6) is 0 Å². The zero-order valence-electron chi connectivity index (χ0n) is 23.0. The molecule has 0 N–H and O–H groups in total. The summed E-state index contributed by atoms with van der Waals surface area (Å²) in [5, 5.41) is 0. The fourth-order valence-corrected chi connectivity index (χ4v) is 6.26. The monoisotopic (exact) mass is 529 g/mol. The van der Waals surface area contributed by atoms with Crippen molar-refractivity contribution < 1.29 is 22.7 Å². The van der Waals surface area contributed by atoms with Crippen LogP contribution in [-0.4, -0.2) is 36.6 Å².